The topological polar surface area (TPSA) is 155 Å². The van der Waals surface area contributed by atoms with E-state index in [0.29, 0.717) is 17.9 Å². The monoisotopic (exact) mass is 562 g/mol. The number of esters is 1. The van der Waals surface area contributed by atoms with Gasteiger partial charge in [-0.05, 0) is 62.4 Å². The summed E-state index contributed by atoms with van der Waals surface area (Å²) in [5, 5.41) is 32.1. The number of aliphatic carboxylic acids is 1. The Morgan fingerprint density at radius 2 is 1.88 bits per heavy atom. The number of carboxylic acid groups (broad SMARTS) is 1. The smallest absolute Gasteiger partial charge is 0.339 e. The standard InChI is InChI=1S/C29H42N2O9/c1-6-7-12-31(4)21-14-17-9-11-22(38-5)26-20(17)13-18(21)8-10-19(15-39-26)40-29(37)25(33)24(32)27(34)30-23(16(2)3)28(35)36/h8-11,16,18-19,21,23-25,32-33H,6-7,12-15H2,1-5H3,(H,30,34)(H,35,36)/b10-8-/t18-,19+,21-,23?,24?,25?/m1/s1. The number of hydrogen-bond acceptors (Lipinski definition) is 9. The highest BCUT2D eigenvalue weighted by atomic mass is 16.6. The molecular formula is C29H42N2O9. The van der Waals surface area contributed by atoms with Crippen molar-refractivity contribution in [3.05, 3.63) is 35.4 Å². The number of carbonyl (C=O) groups is 3. The average molecular weight is 563 g/mol. The van der Waals surface area contributed by atoms with Crippen LogP contribution in [0.4, 0.5) is 0 Å². The maximum Gasteiger partial charge on any atom is 0.339 e. The zero-order chi connectivity index (χ0) is 29.6. The summed E-state index contributed by atoms with van der Waals surface area (Å²) in [6.07, 6.45) is 2.03. The molecule has 1 amide bonds. The lowest BCUT2D eigenvalue weighted by Crippen LogP contribution is -2.53. The van der Waals surface area contributed by atoms with Crippen molar-refractivity contribution >= 4 is 17.8 Å². The maximum atomic E-state index is 12.8. The molecule has 0 aromatic heterocycles. The van der Waals surface area contributed by atoms with Crippen molar-refractivity contribution in [3.63, 3.8) is 0 Å². The first-order valence-corrected chi connectivity index (χ1v) is 13.8. The number of methoxy groups -OCH3 is 1. The third kappa shape index (κ3) is 7.32. The van der Waals surface area contributed by atoms with E-state index in [0.717, 1.165) is 31.4 Å². The largest absolute Gasteiger partial charge is 0.493 e. The molecular weight excluding hydrogens is 520 g/mol. The Balaban J connectivity index is 1.79. The molecule has 1 aromatic rings. The second kappa shape index (κ2) is 14.0. The minimum absolute atomic E-state index is 0.0818. The second-order valence-corrected chi connectivity index (χ2v) is 10.8. The maximum absolute atomic E-state index is 12.8. The van der Waals surface area contributed by atoms with Gasteiger partial charge in [-0.2, -0.15) is 0 Å². The van der Waals surface area contributed by atoms with Crippen LogP contribution in [0.1, 0.15) is 44.7 Å². The Kier molecular flexibility index (Phi) is 11.0. The lowest BCUT2D eigenvalue weighted by molar-refractivity contribution is -0.168. The van der Waals surface area contributed by atoms with Crippen molar-refractivity contribution in [3.8, 4) is 11.5 Å². The fourth-order valence-corrected chi connectivity index (χ4v) is 5.19. The van der Waals surface area contributed by atoms with E-state index >= 15 is 0 Å². The van der Waals surface area contributed by atoms with Gasteiger partial charge in [-0.25, -0.2) is 9.59 Å². The van der Waals surface area contributed by atoms with Crippen LogP contribution in [0.25, 0.3) is 0 Å². The molecule has 3 unspecified atom stereocenters. The van der Waals surface area contributed by atoms with Crippen molar-refractivity contribution in [2.24, 2.45) is 11.8 Å². The van der Waals surface area contributed by atoms with Crippen LogP contribution in [0.3, 0.4) is 0 Å². The Bertz CT molecular complexity index is 1090. The van der Waals surface area contributed by atoms with Crippen LogP contribution in [-0.4, -0.2) is 95.8 Å². The fraction of sp³-hybridized carbons (Fsp3) is 0.621. The summed E-state index contributed by atoms with van der Waals surface area (Å²) in [4.78, 5) is 38.9. The van der Waals surface area contributed by atoms with Crippen molar-refractivity contribution in [2.45, 2.75) is 76.9 Å². The predicted octanol–water partition coefficient (Wildman–Crippen LogP) is 1.32. The molecule has 0 saturated heterocycles. The first-order valence-electron chi connectivity index (χ1n) is 13.8. The lowest BCUT2D eigenvalue weighted by atomic mass is 9.78. The Morgan fingerprint density at radius 1 is 1.15 bits per heavy atom. The predicted molar refractivity (Wildman–Crippen MR) is 146 cm³/mol. The van der Waals surface area contributed by atoms with Gasteiger partial charge in [0.15, 0.2) is 29.8 Å². The molecule has 6 atom stereocenters. The van der Waals surface area contributed by atoms with Crippen molar-refractivity contribution < 1.29 is 43.9 Å². The highest BCUT2D eigenvalue weighted by Crippen LogP contribution is 2.41. The number of carboxylic acids is 1. The van der Waals surface area contributed by atoms with Gasteiger partial charge in [0.25, 0.3) is 5.91 Å². The number of likely N-dealkylation sites (N-methyl/N-ethyl adjacent to an activating group) is 1. The van der Waals surface area contributed by atoms with Crippen LogP contribution in [-0.2, 0) is 32.0 Å². The number of nitrogens with one attached hydrogen (secondary N) is 1. The number of unbranched alkanes of at least 4 members (excludes halogenated alkanes) is 1. The molecule has 1 aliphatic heterocycles. The molecule has 222 valence electrons. The van der Waals surface area contributed by atoms with E-state index in [1.807, 2.05) is 12.1 Å². The molecule has 0 spiro atoms. The first-order chi connectivity index (χ1) is 19.0. The number of amides is 1. The Hall–Kier alpha value is -3.15. The third-order valence-corrected chi connectivity index (χ3v) is 7.61. The number of aliphatic hydroxyl groups is 2. The van der Waals surface area contributed by atoms with E-state index < -0.39 is 48.1 Å². The third-order valence-electron chi connectivity index (χ3n) is 7.61. The summed E-state index contributed by atoms with van der Waals surface area (Å²) in [7, 11) is 3.67. The summed E-state index contributed by atoms with van der Waals surface area (Å²) in [6, 6.07) is 2.84. The molecule has 1 aliphatic carbocycles. The fourth-order valence-electron chi connectivity index (χ4n) is 5.19. The van der Waals surface area contributed by atoms with Gasteiger partial charge in [0.2, 0.25) is 0 Å². The van der Waals surface area contributed by atoms with Crippen LogP contribution in [0.15, 0.2) is 24.3 Å². The van der Waals surface area contributed by atoms with Crippen molar-refractivity contribution in [1.29, 1.82) is 0 Å². The molecule has 40 heavy (non-hydrogen) atoms. The number of fused-ring (bicyclic) bond motifs is 1. The Labute approximate surface area is 235 Å². The Morgan fingerprint density at radius 3 is 2.50 bits per heavy atom. The summed E-state index contributed by atoms with van der Waals surface area (Å²) in [6.45, 7) is 6.17. The SMILES string of the molecule is CCCCN(C)[C@@H]1Cc2ccc(OC)c3c2C[C@H]1/C=C\[C@H](OC(=O)C(O)C(O)C(=O)NC(C(=O)O)C(C)C)CO3. The van der Waals surface area contributed by atoms with Gasteiger partial charge < -0.3 is 39.7 Å². The van der Waals surface area contributed by atoms with Gasteiger partial charge in [0, 0.05) is 11.6 Å². The van der Waals surface area contributed by atoms with E-state index in [9.17, 15) is 29.7 Å². The number of carbonyl (C=O) groups excluding carboxylic acids is 2. The molecule has 0 radical (unpaired) electrons. The molecule has 1 aromatic carbocycles. The van der Waals surface area contributed by atoms with Crippen LogP contribution in [0, 0.1) is 11.8 Å². The van der Waals surface area contributed by atoms with Gasteiger partial charge in [0.05, 0.1) is 7.11 Å². The zero-order valence-electron chi connectivity index (χ0n) is 23.8. The van der Waals surface area contributed by atoms with E-state index in [4.69, 9.17) is 14.2 Å². The quantitative estimate of drug-likeness (QED) is 0.217. The van der Waals surface area contributed by atoms with Gasteiger partial charge in [-0.15, -0.1) is 0 Å². The molecule has 2 bridgehead atoms. The lowest BCUT2D eigenvalue weighted by Gasteiger charge is -2.38. The van der Waals surface area contributed by atoms with Crippen LogP contribution in [0.2, 0.25) is 0 Å². The molecule has 2 aliphatic rings. The van der Waals surface area contributed by atoms with Gasteiger partial charge in [-0.3, -0.25) is 4.79 Å². The normalized spacial score (nSPS) is 23.1. The van der Waals surface area contributed by atoms with Gasteiger partial charge in [-0.1, -0.05) is 39.3 Å². The summed E-state index contributed by atoms with van der Waals surface area (Å²) < 4.78 is 17.1. The first kappa shape index (κ1) is 31.4. The van der Waals surface area contributed by atoms with Crippen LogP contribution < -0.4 is 14.8 Å². The minimum atomic E-state index is -2.23. The van der Waals surface area contributed by atoms with E-state index in [1.54, 1.807) is 27.0 Å². The number of nitrogens with zero attached hydrogens (tertiary/aromatic N) is 1. The van der Waals surface area contributed by atoms with Crippen LogP contribution in [0.5, 0.6) is 11.5 Å². The molecule has 0 fully saturated rings. The van der Waals surface area contributed by atoms with E-state index in [1.165, 1.54) is 5.56 Å². The van der Waals surface area contributed by atoms with Crippen molar-refractivity contribution in [1.82, 2.24) is 10.2 Å². The molecule has 0 saturated carbocycles. The van der Waals surface area contributed by atoms with Crippen LogP contribution >= 0.6 is 0 Å². The summed E-state index contributed by atoms with van der Waals surface area (Å²) in [5.41, 5.74) is 2.22. The zero-order valence-corrected chi connectivity index (χ0v) is 23.8. The summed E-state index contributed by atoms with van der Waals surface area (Å²) >= 11 is 0. The van der Waals surface area contributed by atoms with Gasteiger partial charge in [0.1, 0.15) is 12.6 Å². The van der Waals surface area contributed by atoms with Crippen molar-refractivity contribution in [2.75, 3.05) is 27.3 Å². The van der Waals surface area contributed by atoms with E-state index in [-0.39, 0.29) is 18.6 Å². The molecule has 4 N–H and O–H groups in total. The second-order valence-electron chi connectivity index (χ2n) is 10.8. The number of ether oxygens (including phenoxy) is 3. The number of hydrogen-bond donors (Lipinski definition) is 4. The summed E-state index contributed by atoms with van der Waals surface area (Å²) in [5.74, 6) is -2.98. The molecule has 1 heterocycles. The van der Waals surface area contributed by atoms with Gasteiger partial charge >= 0.3 is 11.9 Å². The number of rotatable bonds is 12. The average Bonchev–Trinajstić information content (AvgIpc) is 3.01. The molecule has 11 heteroatoms. The number of benzene rings is 1. The van der Waals surface area contributed by atoms with E-state index in [2.05, 4.69) is 30.3 Å². The molecule has 11 nitrogen and oxygen atoms in total. The number of aliphatic hydroxyl groups excluding tert-OH is 2. The molecule has 3 rings (SSSR count). The minimum Gasteiger partial charge on any atom is -0.493 e. The highest BCUT2D eigenvalue weighted by Gasteiger charge is 2.37. The highest BCUT2D eigenvalue weighted by molar-refractivity contribution is 5.91.